The summed E-state index contributed by atoms with van der Waals surface area (Å²) in [6.45, 7) is 4.08. The lowest BCUT2D eigenvalue weighted by Gasteiger charge is -2.34. The largest absolute Gasteiger partial charge is 0.336 e. The zero-order chi connectivity index (χ0) is 17.2. The minimum Gasteiger partial charge on any atom is -0.336 e. The Hall–Kier alpha value is -2.80. The first kappa shape index (κ1) is 15.7. The molecular weight excluding hydrogens is 316 g/mol. The van der Waals surface area contributed by atoms with Gasteiger partial charge in [0.1, 0.15) is 5.52 Å². The second-order valence-electron chi connectivity index (χ2n) is 6.35. The number of aromatic nitrogens is 4. The van der Waals surface area contributed by atoms with Crippen LogP contribution in [0.3, 0.4) is 0 Å². The van der Waals surface area contributed by atoms with Crippen LogP contribution in [0.25, 0.3) is 11.0 Å². The number of fused-ring (bicyclic) bond motifs is 1. The predicted octanol–water partition coefficient (Wildman–Crippen LogP) is 1.32. The van der Waals surface area contributed by atoms with Crippen molar-refractivity contribution in [2.24, 2.45) is 7.05 Å². The first-order chi connectivity index (χ1) is 12.2. The SMILES string of the molecule is Cn1nnc2cc(C(=O)N3CCN(Cc4cccnc4)CC3)ccc21. The quantitative estimate of drug-likeness (QED) is 0.722. The molecule has 7 heteroatoms. The van der Waals surface area contributed by atoms with Crippen LogP contribution in [0.5, 0.6) is 0 Å². The normalized spacial score (nSPS) is 15.6. The molecule has 7 nitrogen and oxygen atoms in total. The number of pyridine rings is 1. The average Bonchev–Trinajstić information content (AvgIpc) is 3.03. The summed E-state index contributed by atoms with van der Waals surface area (Å²) in [5.74, 6) is 0.0635. The molecule has 1 aliphatic rings. The molecule has 4 rings (SSSR count). The van der Waals surface area contributed by atoms with E-state index in [1.54, 1.807) is 10.9 Å². The van der Waals surface area contributed by atoms with Gasteiger partial charge in [-0.15, -0.1) is 5.10 Å². The van der Waals surface area contributed by atoms with Gasteiger partial charge in [0.25, 0.3) is 5.91 Å². The Morgan fingerprint density at radius 1 is 1.16 bits per heavy atom. The van der Waals surface area contributed by atoms with Gasteiger partial charge in [-0.2, -0.15) is 0 Å². The highest BCUT2D eigenvalue weighted by molar-refractivity contribution is 5.97. The van der Waals surface area contributed by atoms with Crippen LogP contribution < -0.4 is 0 Å². The molecule has 0 N–H and O–H groups in total. The van der Waals surface area contributed by atoms with Crippen molar-refractivity contribution in [1.82, 2.24) is 29.8 Å². The van der Waals surface area contributed by atoms with E-state index in [0.717, 1.165) is 43.8 Å². The molecule has 2 aromatic heterocycles. The van der Waals surface area contributed by atoms with Crippen LogP contribution in [-0.2, 0) is 13.6 Å². The predicted molar refractivity (Wildman–Crippen MR) is 93.9 cm³/mol. The summed E-state index contributed by atoms with van der Waals surface area (Å²) < 4.78 is 1.71. The van der Waals surface area contributed by atoms with Crippen molar-refractivity contribution in [1.29, 1.82) is 0 Å². The highest BCUT2D eigenvalue weighted by atomic mass is 16.2. The number of carbonyl (C=O) groups excluding carboxylic acids is 1. The molecule has 128 valence electrons. The summed E-state index contributed by atoms with van der Waals surface area (Å²) in [5.41, 5.74) is 3.56. The van der Waals surface area contributed by atoms with Crippen LogP contribution in [0.4, 0.5) is 0 Å². The Labute approximate surface area is 145 Å². The Bertz CT molecular complexity index is 883. The molecule has 0 unspecified atom stereocenters. The smallest absolute Gasteiger partial charge is 0.254 e. The van der Waals surface area contributed by atoms with Crippen molar-refractivity contribution < 1.29 is 4.79 Å². The Kier molecular flexibility index (Phi) is 4.15. The van der Waals surface area contributed by atoms with Gasteiger partial charge in [0.05, 0.1) is 5.52 Å². The van der Waals surface area contributed by atoms with E-state index in [9.17, 15) is 4.79 Å². The van der Waals surface area contributed by atoms with Crippen molar-refractivity contribution in [2.75, 3.05) is 26.2 Å². The van der Waals surface area contributed by atoms with Crippen LogP contribution in [0.2, 0.25) is 0 Å². The molecule has 1 saturated heterocycles. The van der Waals surface area contributed by atoms with Crippen molar-refractivity contribution in [2.45, 2.75) is 6.54 Å². The topological polar surface area (TPSA) is 67.2 Å². The lowest BCUT2D eigenvalue weighted by molar-refractivity contribution is 0.0628. The number of hydrogen-bond acceptors (Lipinski definition) is 5. The van der Waals surface area contributed by atoms with Crippen LogP contribution in [0.1, 0.15) is 15.9 Å². The third kappa shape index (κ3) is 3.23. The van der Waals surface area contributed by atoms with E-state index in [1.165, 1.54) is 5.56 Å². The molecule has 1 amide bonds. The maximum absolute atomic E-state index is 12.8. The van der Waals surface area contributed by atoms with E-state index in [1.807, 2.05) is 42.4 Å². The highest BCUT2D eigenvalue weighted by Crippen LogP contribution is 2.16. The lowest BCUT2D eigenvalue weighted by Crippen LogP contribution is -2.48. The lowest BCUT2D eigenvalue weighted by atomic mass is 10.1. The fraction of sp³-hybridized carbons (Fsp3) is 0.333. The molecule has 0 atom stereocenters. The third-order valence-electron chi connectivity index (χ3n) is 4.65. The zero-order valence-corrected chi connectivity index (χ0v) is 14.2. The highest BCUT2D eigenvalue weighted by Gasteiger charge is 2.22. The molecule has 0 spiro atoms. The van der Waals surface area contributed by atoms with Crippen molar-refractivity contribution in [3.05, 3.63) is 53.9 Å². The molecule has 0 saturated carbocycles. The summed E-state index contributed by atoms with van der Waals surface area (Å²) in [6, 6.07) is 9.63. The molecule has 25 heavy (non-hydrogen) atoms. The minimum atomic E-state index is 0.0635. The summed E-state index contributed by atoms with van der Waals surface area (Å²) >= 11 is 0. The fourth-order valence-electron chi connectivity index (χ4n) is 3.22. The van der Waals surface area contributed by atoms with Crippen molar-refractivity contribution in [3.63, 3.8) is 0 Å². The maximum atomic E-state index is 12.8. The summed E-state index contributed by atoms with van der Waals surface area (Å²) in [5, 5.41) is 8.08. The van der Waals surface area contributed by atoms with Crippen LogP contribution in [0.15, 0.2) is 42.7 Å². The number of carbonyl (C=O) groups is 1. The van der Waals surface area contributed by atoms with Crippen molar-refractivity contribution in [3.8, 4) is 0 Å². The maximum Gasteiger partial charge on any atom is 0.254 e. The van der Waals surface area contributed by atoms with Gasteiger partial charge in [-0.25, -0.2) is 4.68 Å². The van der Waals surface area contributed by atoms with Gasteiger partial charge < -0.3 is 4.90 Å². The number of rotatable bonds is 3. The van der Waals surface area contributed by atoms with E-state index in [4.69, 9.17) is 0 Å². The average molecular weight is 336 g/mol. The monoisotopic (exact) mass is 336 g/mol. The zero-order valence-electron chi connectivity index (χ0n) is 14.2. The van der Waals surface area contributed by atoms with Crippen LogP contribution in [-0.4, -0.2) is 61.9 Å². The summed E-state index contributed by atoms with van der Waals surface area (Å²) in [7, 11) is 1.85. The van der Waals surface area contributed by atoms with E-state index in [2.05, 4.69) is 26.3 Å². The molecule has 0 aliphatic carbocycles. The molecular formula is C18H20N6O. The summed E-state index contributed by atoms with van der Waals surface area (Å²) in [4.78, 5) is 21.2. The van der Waals surface area contributed by atoms with E-state index in [0.29, 0.717) is 5.56 Å². The number of hydrogen-bond donors (Lipinski definition) is 0. The van der Waals surface area contributed by atoms with Crippen LogP contribution in [0, 0.1) is 0 Å². The van der Waals surface area contributed by atoms with Gasteiger partial charge in [0.15, 0.2) is 0 Å². The molecule has 1 fully saturated rings. The van der Waals surface area contributed by atoms with Gasteiger partial charge in [-0.1, -0.05) is 11.3 Å². The van der Waals surface area contributed by atoms with Gasteiger partial charge in [-0.3, -0.25) is 14.7 Å². The van der Waals surface area contributed by atoms with Gasteiger partial charge in [0, 0.05) is 57.7 Å². The van der Waals surface area contributed by atoms with Gasteiger partial charge >= 0.3 is 0 Å². The Morgan fingerprint density at radius 3 is 2.76 bits per heavy atom. The third-order valence-corrected chi connectivity index (χ3v) is 4.65. The Balaban J connectivity index is 1.40. The number of nitrogens with zero attached hydrogens (tertiary/aromatic N) is 6. The van der Waals surface area contributed by atoms with E-state index < -0.39 is 0 Å². The van der Waals surface area contributed by atoms with Gasteiger partial charge in [-0.05, 0) is 29.8 Å². The molecule has 3 heterocycles. The molecule has 1 aromatic carbocycles. The molecule has 3 aromatic rings. The number of aryl methyl sites for hydroxylation is 1. The van der Waals surface area contributed by atoms with E-state index in [-0.39, 0.29) is 5.91 Å². The summed E-state index contributed by atoms with van der Waals surface area (Å²) in [6.07, 6.45) is 3.68. The second-order valence-corrected chi connectivity index (χ2v) is 6.35. The first-order valence-corrected chi connectivity index (χ1v) is 8.41. The van der Waals surface area contributed by atoms with E-state index >= 15 is 0 Å². The number of benzene rings is 1. The number of piperazine rings is 1. The molecule has 0 bridgehead atoms. The molecule has 0 radical (unpaired) electrons. The van der Waals surface area contributed by atoms with Crippen molar-refractivity contribution >= 4 is 16.9 Å². The van der Waals surface area contributed by atoms with Crippen LogP contribution >= 0.6 is 0 Å². The Morgan fingerprint density at radius 2 is 2.00 bits per heavy atom. The van der Waals surface area contributed by atoms with Gasteiger partial charge in [0.2, 0.25) is 0 Å². The number of amides is 1. The second kappa shape index (κ2) is 6.60. The fourth-order valence-corrected chi connectivity index (χ4v) is 3.22. The molecule has 1 aliphatic heterocycles. The minimum absolute atomic E-state index is 0.0635. The first-order valence-electron chi connectivity index (χ1n) is 8.41. The standard InChI is InChI=1S/C18H20N6O/c1-22-17-5-4-15(11-16(17)20-21-22)18(25)24-9-7-23(8-10-24)13-14-3-2-6-19-12-14/h2-6,11-12H,7-10,13H2,1H3.